The van der Waals surface area contributed by atoms with Crippen LogP contribution >= 0.6 is 35.3 Å². The number of rotatable bonds is 6. The summed E-state index contributed by atoms with van der Waals surface area (Å²) in [7, 11) is 1.79. The summed E-state index contributed by atoms with van der Waals surface area (Å²) in [5, 5.41) is 14.5. The number of aromatic nitrogens is 3. The monoisotopic (exact) mass is 538 g/mol. The molecule has 2 heterocycles. The number of thiazole rings is 1. The first kappa shape index (κ1) is 24.3. The molecule has 0 aliphatic heterocycles. The minimum Gasteiger partial charge on any atom is -0.356 e. The van der Waals surface area contributed by atoms with Crippen molar-refractivity contribution in [2.24, 2.45) is 4.99 Å². The average molecular weight is 539 g/mol. The van der Waals surface area contributed by atoms with Crippen LogP contribution in [0.2, 0.25) is 0 Å². The van der Waals surface area contributed by atoms with Crippen LogP contribution in [0.1, 0.15) is 50.0 Å². The van der Waals surface area contributed by atoms with E-state index in [1.54, 1.807) is 24.6 Å². The number of hydrogen-bond donors (Lipinski definition) is 2. The van der Waals surface area contributed by atoms with Crippen LogP contribution in [-0.4, -0.2) is 34.3 Å². The molecule has 0 saturated carbocycles. The molecular formula is C22H31IN6S. The van der Waals surface area contributed by atoms with Gasteiger partial charge in [-0.3, -0.25) is 4.99 Å². The Balaban J connectivity index is 0.00000320. The number of aliphatic imine (C=N–C) groups is 1. The topological polar surface area (TPSA) is 67.1 Å². The highest BCUT2D eigenvalue weighted by atomic mass is 127. The van der Waals surface area contributed by atoms with E-state index in [0.29, 0.717) is 0 Å². The molecule has 0 radical (unpaired) electrons. The Morgan fingerprint density at radius 3 is 2.70 bits per heavy atom. The lowest BCUT2D eigenvalue weighted by Crippen LogP contribution is -2.39. The summed E-state index contributed by atoms with van der Waals surface area (Å²) >= 11 is 1.73. The molecule has 0 fully saturated rings. The van der Waals surface area contributed by atoms with Gasteiger partial charge in [-0.1, -0.05) is 32.9 Å². The SMILES string of the molecule is CN=C(NCCc1nc(C(C)(C)C)cs1)NC(C)c1cccc(-n2cccn2)c1.I. The van der Waals surface area contributed by atoms with Gasteiger partial charge < -0.3 is 10.6 Å². The van der Waals surface area contributed by atoms with E-state index < -0.39 is 0 Å². The van der Waals surface area contributed by atoms with Crippen molar-refractivity contribution < 1.29 is 0 Å². The van der Waals surface area contributed by atoms with Gasteiger partial charge in [0.05, 0.1) is 22.4 Å². The summed E-state index contributed by atoms with van der Waals surface area (Å²) in [5.74, 6) is 0.787. The van der Waals surface area contributed by atoms with E-state index in [4.69, 9.17) is 4.98 Å². The predicted octanol–water partition coefficient (Wildman–Crippen LogP) is 4.71. The van der Waals surface area contributed by atoms with Crippen molar-refractivity contribution in [1.29, 1.82) is 0 Å². The van der Waals surface area contributed by atoms with Gasteiger partial charge in [0.1, 0.15) is 0 Å². The van der Waals surface area contributed by atoms with Gasteiger partial charge in [-0.2, -0.15) is 5.10 Å². The van der Waals surface area contributed by atoms with Crippen molar-refractivity contribution in [2.75, 3.05) is 13.6 Å². The molecule has 6 nitrogen and oxygen atoms in total. The van der Waals surface area contributed by atoms with Crippen molar-refractivity contribution in [3.63, 3.8) is 0 Å². The van der Waals surface area contributed by atoms with Gasteiger partial charge in [0.15, 0.2) is 5.96 Å². The van der Waals surface area contributed by atoms with Gasteiger partial charge in [-0.25, -0.2) is 9.67 Å². The highest BCUT2D eigenvalue weighted by Crippen LogP contribution is 2.24. The quantitative estimate of drug-likeness (QED) is 0.271. The Bertz CT molecular complexity index is 943. The van der Waals surface area contributed by atoms with Gasteiger partial charge in [0.2, 0.25) is 0 Å². The Labute approximate surface area is 200 Å². The normalized spacial score (nSPS) is 12.9. The molecule has 3 aromatic rings. The molecule has 1 aromatic carbocycles. The summed E-state index contributed by atoms with van der Waals surface area (Å²) in [4.78, 5) is 9.12. The summed E-state index contributed by atoms with van der Waals surface area (Å²) in [6.07, 6.45) is 4.61. The molecule has 8 heteroatoms. The summed E-state index contributed by atoms with van der Waals surface area (Å²) in [6.45, 7) is 9.50. The van der Waals surface area contributed by atoms with Crippen molar-refractivity contribution in [1.82, 2.24) is 25.4 Å². The zero-order valence-corrected chi connectivity index (χ0v) is 21.4. The second-order valence-electron chi connectivity index (χ2n) is 8.04. The van der Waals surface area contributed by atoms with Crippen LogP contribution in [0.5, 0.6) is 0 Å². The molecule has 0 bridgehead atoms. The van der Waals surface area contributed by atoms with E-state index >= 15 is 0 Å². The van der Waals surface area contributed by atoms with Crippen molar-refractivity contribution in [2.45, 2.75) is 45.6 Å². The van der Waals surface area contributed by atoms with E-state index in [2.05, 4.69) is 78.1 Å². The first-order valence-electron chi connectivity index (χ1n) is 9.89. The summed E-state index contributed by atoms with van der Waals surface area (Å²) < 4.78 is 1.86. The Hall–Kier alpha value is -1.94. The summed E-state index contributed by atoms with van der Waals surface area (Å²) in [5.41, 5.74) is 3.48. The molecule has 1 unspecified atom stereocenters. The second kappa shape index (κ2) is 10.9. The van der Waals surface area contributed by atoms with Gasteiger partial charge in [0, 0.05) is 43.2 Å². The lowest BCUT2D eigenvalue weighted by molar-refractivity contribution is 0.570. The second-order valence-corrected chi connectivity index (χ2v) is 8.98. The maximum atomic E-state index is 4.76. The number of halogens is 1. The predicted molar refractivity (Wildman–Crippen MR) is 136 cm³/mol. The smallest absolute Gasteiger partial charge is 0.191 e. The van der Waals surface area contributed by atoms with Gasteiger partial charge in [-0.15, -0.1) is 35.3 Å². The number of benzene rings is 1. The fourth-order valence-electron chi connectivity index (χ4n) is 2.90. The number of nitrogens with one attached hydrogen (secondary N) is 2. The largest absolute Gasteiger partial charge is 0.356 e. The lowest BCUT2D eigenvalue weighted by atomic mass is 9.93. The summed E-state index contributed by atoms with van der Waals surface area (Å²) in [6, 6.07) is 10.4. The molecule has 2 aromatic heterocycles. The number of hydrogen-bond acceptors (Lipinski definition) is 4. The Morgan fingerprint density at radius 2 is 2.07 bits per heavy atom. The Morgan fingerprint density at radius 1 is 1.27 bits per heavy atom. The third-order valence-electron chi connectivity index (χ3n) is 4.67. The minimum atomic E-state index is 0. The van der Waals surface area contributed by atoms with Gasteiger partial charge in [-0.05, 0) is 30.7 Å². The molecule has 0 aliphatic carbocycles. The molecule has 0 aliphatic rings. The molecule has 30 heavy (non-hydrogen) atoms. The van der Waals surface area contributed by atoms with E-state index in [0.717, 1.165) is 35.3 Å². The third kappa shape index (κ3) is 6.53. The fourth-order valence-corrected chi connectivity index (χ4v) is 3.92. The van der Waals surface area contributed by atoms with Crippen LogP contribution in [0.4, 0.5) is 0 Å². The molecule has 3 rings (SSSR count). The van der Waals surface area contributed by atoms with Crippen LogP contribution in [0.15, 0.2) is 53.1 Å². The van der Waals surface area contributed by atoms with Crippen molar-refractivity contribution >= 4 is 41.3 Å². The minimum absolute atomic E-state index is 0. The van der Waals surface area contributed by atoms with Crippen LogP contribution in [0.25, 0.3) is 5.69 Å². The van der Waals surface area contributed by atoms with Crippen molar-refractivity contribution in [3.05, 3.63) is 64.4 Å². The molecular weight excluding hydrogens is 507 g/mol. The standard InChI is InChI=1S/C22H30N6S.HI/c1-16(17-8-6-9-18(14-17)28-13-7-11-25-28)26-21(23-5)24-12-10-20-27-19(15-29-20)22(2,3)4;/h6-9,11,13-16H,10,12H2,1-5H3,(H2,23,24,26);1H. The highest BCUT2D eigenvalue weighted by molar-refractivity contribution is 14.0. The average Bonchev–Trinajstić information content (AvgIpc) is 3.39. The van der Waals surface area contributed by atoms with E-state index in [1.807, 2.05) is 16.9 Å². The zero-order chi connectivity index (χ0) is 20.9. The first-order valence-corrected chi connectivity index (χ1v) is 10.8. The van der Waals surface area contributed by atoms with Crippen LogP contribution < -0.4 is 10.6 Å². The third-order valence-corrected chi connectivity index (χ3v) is 5.58. The maximum Gasteiger partial charge on any atom is 0.191 e. The van der Waals surface area contributed by atoms with Crippen molar-refractivity contribution in [3.8, 4) is 5.69 Å². The molecule has 162 valence electrons. The molecule has 1 atom stereocenters. The zero-order valence-electron chi connectivity index (χ0n) is 18.2. The number of guanidine groups is 1. The molecule has 0 spiro atoms. The van der Waals surface area contributed by atoms with Gasteiger partial charge >= 0.3 is 0 Å². The highest BCUT2D eigenvalue weighted by Gasteiger charge is 2.17. The van der Waals surface area contributed by atoms with Crippen LogP contribution in [-0.2, 0) is 11.8 Å². The first-order chi connectivity index (χ1) is 13.9. The number of nitrogens with zero attached hydrogens (tertiary/aromatic N) is 4. The Kier molecular flexibility index (Phi) is 8.84. The van der Waals surface area contributed by atoms with E-state index in [9.17, 15) is 0 Å². The van der Waals surface area contributed by atoms with Crippen LogP contribution in [0.3, 0.4) is 0 Å². The van der Waals surface area contributed by atoms with Gasteiger partial charge in [0.25, 0.3) is 0 Å². The molecule has 2 N–H and O–H groups in total. The van der Waals surface area contributed by atoms with E-state index in [1.165, 1.54) is 5.56 Å². The van der Waals surface area contributed by atoms with E-state index in [-0.39, 0.29) is 35.4 Å². The lowest BCUT2D eigenvalue weighted by Gasteiger charge is -2.19. The van der Waals surface area contributed by atoms with Crippen LogP contribution in [0, 0.1) is 0 Å². The molecule has 0 saturated heterocycles. The fraction of sp³-hybridized carbons (Fsp3) is 0.409. The molecule has 0 amide bonds. The maximum absolute atomic E-state index is 4.76.